The first-order valence-electron chi connectivity index (χ1n) is 10.8. The molecule has 0 bridgehead atoms. The molecular formula is C25H31N3O4. The van der Waals surface area contributed by atoms with Crippen LogP contribution in [-0.4, -0.2) is 68.6 Å². The molecular weight excluding hydrogens is 406 g/mol. The van der Waals surface area contributed by atoms with Crippen LogP contribution in [0.3, 0.4) is 0 Å². The van der Waals surface area contributed by atoms with Crippen LogP contribution in [0.15, 0.2) is 48.5 Å². The average Bonchev–Trinajstić information content (AvgIpc) is 2.83. The Morgan fingerprint density at radius 1 is 1.03 bits per heavy atom. The van der Waals surface area contributed by atoms with E-state index >= 15 is 0 Å². The molecule has 2 aromatic carbocycles. The zero-order valence-electron chi connectivity index (χ0n) is 19.0. The highest BCUT2D eigenvalue weighted by Gasteiger charge is 2.21. The van der Waals surface area contributed by atoms with E-state index < -0.39 is 0 Å². The number of methoxy groups -OCH3 is 2. The van der Waals surface area contributed by atoms with Gasteiger partial charge in [0.15, 0.2) is 0 Å². The lowest BCUT2D eigenvalue weighted by atomic mass is 10.1. The molecule has 1 heterocycles. The van der Waals surface area contributed by atoms with Crippen molar-refractivity contribution >= 4 is 23.6 Å². The standard InChI is InChI=1S/C25H31N3O4/c1-4-19-7-5-6-8-22(19)26-24(29)18-27-13-15-28(16-14-27)25(30)12-9-20-17-21(31-2)10-11-23(20)32-3/h5-12,17H,4,13-16,18H2,1-3H3,(H,26,29)/b12-9+. The molecule has 1 aliphatic heterocycles. The summed E-state index contributed by atoms with van der Waals surface area (Å²) < 4.78 is 10.6. The Morgan fingerprint density at radius 3 is 2.47 bits per heavy atom. The summed E-state index contributed by atoms with van der Waals surface area (Å²) in [6.45, 7) is 4.86. The molecule has 0 unspecified atom stereocenters. The summed E-state index contributed by atoms with van der Waals surface area (Å²) in [4.78, 5) is 29.0. The van der Waals surface area contributed by atoms with E-state index in [1.807, 2.05) is 42.5 Å². The van der Waals surface area contributed by atoms with E-state index in [0.717, 1.165) is 23.2 Å². The van der Waals surface area contributed by atoms with Crippen LogP contribution < -0.4 is 14.8 Å². The number of amides is 2. The number of nitrogens with zero attached hydrogens (tertiary/aromatic N) is 2. The van der Waals surface area contributed by atoms with Gasteiger partial charge in [0, 0.05) is 43.5 Å². The van der Waals surface area contributed by atoms with Crippen molar-refractivity contribution in [2.75, 3.05) is 52.3 Å². The van der Waals surface area contributed by atoms with E-state index in [4.69, 9.17) is 9.47 Å². The molecule has 0 atom stereocenters. The third kappa shape index (κ3) is 6.11. The zero-order chi connectivity index (χ0) is 22.9. The molecule has 3 rings (SSSR count). The van der Waals surface area contributed by atoms with E-state index in [1.54, 1.807) is 31.3 Å². The minimum atomic E-state index is -0.0594. The third-order valence-corrected chi connectivity index (χ3v) is 5.57. The molecule has 7 heteroatoms. The van der Waals surface area contributed by atoms with Gasteiger partial charge < -0.3 is 19.7 Å². The summed E-state index contributed by atoms with van der Waals surface area (Å²) in [5.74, 6) is 1.29. The molecule has 32 heavy (non-hydrogen) atoms. The number of aryl methyl sites for hydroxylation is 1. The van der Waals surface area contributed by atoms with E-state index in [2.05, 4.69) is 17.1 Å². The number of anilines is 1. The Bertz CT molecular complexity index is 965. The number of ether oxygens (including phenoxy) is 2. The molecule has 1 fully saturated rings. The number of carbonyl (C=O) groups excluding carboxylic acids is 2. The van der Waals surface area contributed by atoms with Crippen LogP contribution in [0.4, 0.5) is 5.69 Å². The van der Waals surface area contributed by atoms with Crippen molar-refractivity contribution in [3.63, 3.8) is 0 Å². The van der Waals surface area contributed by atoms with Gasteiger partial charge in [-0.15, -0.1) is 0 Å². The second-order valence-corrected chi connectivity index (χ2v) is 7.60. The van der Waals surface area contributed by atoms with Crippen LogP contribution in [0.25, 0.3) is 6.08 Å². The van der Waals surface area contributed by atoms with Gasteiger partial charge in [-0.2, -0.15) is 0 Å². The summed E-state index contributed by atoms with van der Waals surface area (Å²) in [7, 11) is 3.19. The first-order valence-corrected chi connectivity index (χ1v) is 10.8. The molecule has 2 amide bonds. The fourth-order valence-electron chi connectivity index (χ4n) is 3.71. The summed E-state index contributed by atoms with van der Waals surface area (Å²) in [5.41, 5.74) is 2.77. The number of carbonyl (C=O) groups is 2. The summed E-state index contributed by atoms with van der Waals surface area (Å²) in [6, 6.07) is 13.3. The zero-order valence-corrected chi connectivity index (χ0v) is 19.0. The van der Waals surface area contributed by atoms with Crippen molar-refractivity contribution in [1.29, 1.82) is 0 Å². The minimum Gasteiger partial charge on any atom is -0.497 e. The summed E-state index contributed by atoms with van der Waals surface area (Å²) in [6.07, 6.45) is 4.17. The topological polar surface area (TPSA) is 71.1 Å². The average molecular weight is 438 g/mol. The number of benzene rings is 2. The van der Waals surface area contributed by atoms with Crippen molar-refractivity contribution < 1.29 is 19.1 Å². The molecule has 0 saturated carbocycles. The largest absolute Gasteiger partial charge is 0.497 e. The van der Waals surface area contributed by atoms with Crippen molar-refractivity contribution in [2.24, 2.45) is 0 Å². The van der Waals surface area contributed by atoms with Gasteiger partial charge in [0.1, 0.15) is 11.5 Å². The number of hydrogen-bond donors (Lipinski definition) is 1. The predicted molar refractivity (Wildman–Crippen MR) is 126 cm³/mol. The highest BCUT2D eigenvalue weighted by Crippen LogP contribution is 2.25. The van der Waals surface area contributed by atoms with Gasteiger partial charge in [0.2, 0.25) is 11.8 Å². The van der Waals surface area contributed by atoms with E-state index in [1.165, 1.54) is 0 Å². The Morgan fingerprint density at radius 2 is 1.78 bits per heavy atom. The SMILES string of the molecule is CCc1ccccc1NC(=O)CN1CCN(C(=O)/C=C/c2cc(OC)ccc2OC)CC1. The smallest absolute Gasteiger partial charge is 0.246 e. The lowest BCUT2D eigenvalue weighted by Crippen LogP contribution is -2.50. The fourth-order valence-corrected chi connectivity index (χ4v) is 3.71. The van der Waals surface area contributed by atoms with Gasteiger partial charge in [-0.25, -0.2) is 0 Å². The third-order valence-electron chi connectivity index (χ3n) is 5.57. The second-order valence-electron chi connectivity index (χ2n) is 7.60. The van der Waals surface area contributed by atoms with Crippen LogP contribution in [0.2, 0.25) is 0 Å². The number of para-hydroxylation sites is 1. The first-order chi connectivity index (χ1) is 15.5. The van der Waals surface area contributed by atoms with Crippen LogP contribution in [0.1, 0.15) is 18.1 Å². The lowest BCUT2D eigenvalue weighted by molar-refractivity contribution is -0.127. The highest BCUT2D eigenvalue weighted by molar-refractivity contribution is 5.93. The monoisotopic (exact) mass is 437 g/mol. The highest BCUT2D eigenvalue weighted by atomic mass is 16.5. The van der Waals surface area contributed by atoms with Crippen LogP contribution in [0, 0.1) is 0 Å². The van der Waals surface area contributed by atoms with E-state index in [-0.39, 0.29) is 11.8 Å². The van der Waals surface area contributed by atoms with E-state index in [0.29, 0.717) is 44.2 Å². The number of piperazine rings is 1. The number of hydrogen-bond acceptors (Lipinski definition) is 5. The molecule has 0 aromatic heterocycles. The molecule has 170 valence electrons. The van der Waals surface area contributed by atoms with Gasteiger partial charge in [-0.1, -0.05) is 25.1 Å². The van der Waals surface area contributed by atoms with Gasteiger partial charge in [-0.05, 0) is 42.3 Å². The predicted octanol–water partition coefficient (Wildman–Crippen LogP) is 3.06. The summed E-state index contributed by atoms with van der Waals surface area (Å²) >= 11 is 0. The van der Waals surface area contributed by atoms with Crippen molar-refractivity contribution in [3.05, 3.63) is 59.7 Å². The van der Waals surface area contributed by atoms with Crippen molar-refractivity contribution in [1.82, 2.24) is 9.80 Å². The van der Waals surface area contributed by atoms with Crippen molar-refractivity contribution in [3.8, 4) is 11.5 Å². The molecule has 7 nitrogen and oxygen atoms in total. The van der Waals surface area contributed by atoms with Gasteiger partial charge in [0.05, 0.1) is 20.8 Å². The van der Waals surface area contributed by atoms with Gasteiger partial charge in [0.25, 0.3) is 0 Å². The normalized spacial score (nSPS) is 14.4. The maximum Gasteiger partial charge on any atom is 0.246 e. The second kappa shape index (κ2) is 11.3. The molecule has 1 saturated heterocycles. The van der Waals surface area contributed by atoms with E-state index in [9.17, 15) is 9.59 Å². The Labute approximate surface area is 189 Å². The van der Waals surface area contributed by atoms with Gasteiger partial charge in [-0.3, -0.25) is 14.5 Å². The van der Waals surface area contributed by atoms with Crippen molar-refractivity contribution in [2.45, 2.75) is 13.3 Å². The number of nitrogens with one attached hydrogen (secondary N) is 1. The Hall–Kier alpha value is -3.32. The maximum atomic E-state index is 12.6. The fraction of sp³-hybridized carbons (Fsp3) is 0.360. The van der Waals surface area contributed by atoms with Crippen LogP contribution in [0.5, 0.6) is 11.5 Å². The van der Waals surface area contributed by atoms with Crippen LogP contribution in [-0.2, 0) is 16.0 Å². The quantitative estimate of drug-likeness (QED) is 0.643. The van der Waals surface area contributed by atoms with Crippen LogP contribution >= 0.6 is 0 Å². The lowest BCUT2D eigenvalue weighted by Gasteiger charge is -2.33. The molecule has 0 aliphatic carbocycles. The maximum absolute atomic E-state index is 12.6. The minimum absolute atomic E-state index is 0.0318. The molecule has 0 radical (unpaired) electrons. The summed E-state index contributed by atoms with van der Waals surface area (Å²) in [5, 5.41) is 3.01. The Kier molecular flexibility index (Phi) is 8.27. The Balaban J connectivity index is 1.50. The molecule has 1 N–H and O–H groups in total. The van der Waals surface area contributed by atoms with Gasteiger partial charge >= 0.3 is 0 Å². The number of rotatable bonds is 8. The molecule has 0 spiro atoms. The molecule has 2 aromatic rings. The first kappa shape index (κ1) is 23.3. The molecule has 1 aliphatic rings.